The topological polar surface area (TPSA) is 47.7 Å². The lowest BCUT2D eigenvalue weighted by molar-refractivity contribution is -0.0409. The lowest BCUT2D eigenvalue weighted by Gasteiger charge is -2.30. The zero-order valence-electron chi connectivity index (χ0n) is 12.8. The van der Waals surface area contributed by atoms with Crippen LogP contribution in [0.3, 0.4) is 0 Å². The molecule has 1 heterocycles. The predicted octanol–water partition coefficient (Wildman–Crippen LogP) is 1.81. The van der Waals surface area contributed by atoms with Gasteiger partial charge in [-0.05, 0) is 31.5 Å². The summed E-state index contributed by atoms with van der Waals surface area (Å²) in [6.07, 6.45) is 1.46. The van der Waals surface area contributed by atoms with Gasteiger partial charge in [0.25, 0.3) is 0 Å². The maximum Gasteiger partial charge on any atom is 0.165 e. The molecule has 1 aliphatic heterocycles. The Morgan fingerprint density at radius 3 is 3.05 bits per heavy atom. The van der Waals surface area contributed by atoms with Crippen LogP contribution in [-0.4, -0.2) is 50.4 Å². The molecule has 1 aromatic rings. The van der Waals surface area contributed by atoms with Crippen LogP contribution in [0.25, 0.3) is 0 Å². The summed E-state index contributed by atoms with van der Waals surface area (Å²) in [5, 5.41) is 0. The van der Waals surface area contributed by atoms with Crippen molar-refractivity contribution in [2.75, 3.05) is 33.4 Å². The van der Waals surface area contributed by atoms with Crippen LogP contribution in [0.2, 0.25) is 0 Å². The van der Waals surface area contributed by atoms with Gasteiger partial charge in [0.05, 0.1) is 6.61 Å². The van der Waals surface area contributed by atoms with Crippen LogP contribution < -0.4 is 10.5 Å². The van der Waals surface area contributed by atoms with Gasteiger partial charge in [-0.15, -0.1) is 0 Å². The van der Waals surface area contributed by atoms with Crippen molar-refractivity contribution in [1.29, 1.82) is 0 Å². The number of para-hydroxylation sites is 1. The summed E-state index contributed by atoms with van der Waals surface area (Å²) in [4.78, 5) is 2.19. The number of ether oxygens (including phenoxy) is 2. The van der Waals surface area contributed by atoms with E-state index in [1.807, 2.05) is 20.0 Å². The lowest BCUT2D eigenvalue weighted by Crippen LogP contribution is -2.42. The summed E-state index contributed by atoms with van der Waals surface area (Å²) in [5.41, 5.74) is 6.80. The van der Waals surface area contributed by atoms with E-state index in [-0.39, 0.29) is 18.0 Å². The molecule has 2 atom stereocenters. The van der Waals surface area contributed by atoms with Crippen LogP contribution in [0.5, 0.6) is 5.75 Å². The van der Waals surface area contributed by atoms with E-state index >= 15 is 0 Å². The highest BCUT2D eigenvalue weighted by Gasteiger charge is 2.20. The lowest BCUT2D eigenvalue weighted by atomic mass is 10.0. The molecule has 1 saturated heterocycles. The Morgan fingerprint density at radius 2 is 2.33 bits per heavy atom. The first kappa shape index (κ1) is 16.2. The Morgan fingerprint density at radius 1 is 1.52 bits per heavy atom. The highest BCUT2D eigenvalue weighted by Crippen LogP contribution is 2.24. The molecule has 4 nitrogen and oxygen atoms in total. The van der Waals surface area contributed by atoms with E-state index in [0.29, 0.717) is 25.4 Å². The van der Waals surface area contributed by atoms with Gasteiger partial charge in [-0.25, -0.2) is 4.39 Å². The molecule has 1 aromatic carbocycles. The van der Waals surface area contributed by atoms with Crippen LogP contribution >= 0.6 is 0 Å². The minimum atomic E-state index is -0.333. The Hall–Kier alpha value is -1.17. The molecule has 0 radical (unpaired) electrons. The molecule has 1 fully saturated rings. The third kappa shape index (κ3) is 4.66. The second-order valence-electron chi connectivity index (χ2n) is 5.67. The van der Waals surface area contributed by atoms with Gasteiger partial charge in [0, 0.05) is 19.1 Å². The minimum absolute atomic E-state index is 0.0175. The van der Waals surface area contributed by atoms with E-state index < -0.39 is 0 Å². The van der Waals surface area contributed by atoms with Gasteiger partial charge < -0.3 is 20.1 Å². The molecule has 2 unspecified atom stereocenters. The van der Waals surface area contributed by atoms with Crippen molar-refractivity contribution in [3.63, 3.8) is 0 Å². The number of hydrogen-bond acceptors (Lipinski definition) is 4. The van der Waals surface area contributed by atoms with Crippen LogP contribution in [0.15, 0.2) is 18.2 Å². The maximum atomic E-state index is 14.0. The molecular weight excluding hydrogens is 271 g/mol. The van der Waals surface area contributed by atoms with Crippen LogP contribution in [0, 0.1) is 5.82 Å². The standard InChI is InChI=1S/C16H25FN2O2/c1-3-13(18)9-12-5-4-6-15(17)16(12)21-11-14-10-19(2)7-8-20-14/h4-6,13-14H,3,7-11,18H2,1-2H3. The molecule has 5 heteroatoms. The quantitative estimate of drug-likeness (QED) is 0.870. The van der Waals surface area contributed by atoms with Gasteiger partial charge in [0.15, 0.2) is 11.6 Å². The first-order chi connectivity index (χ1) is 10.1. The van der Waals surface area contributed by atoms with Crippen molar-refractivity contribution in [3.8, 4) is 5.75 Å². The third-order valence-electron chi connectivity index (χ3n) is 3.81. The first-order valence-corrected chi connectivity index (χ1v) is 7.56. The zero-order valence-corrected chi connectivity index (χ0v) is 12.8. The van der Waals surface area contributed by atoms with Gasteiger partial charge in [-0.1, -0.05) is 19.1 Å². The monoisotopic (exact) mass is 296 g/mol. The third-order valence-corrected chi connectivity index (χ3v) is 3.81. The molecule has 2 N–H and O–H groups in total. The number of likely N-dealkylation sites (N-methyl/N-ethyl adjacent to an activating group) is 1. The number of nitrogens with zero attached hydrogens (tertiary/aromatic N) is 1. The van der Waals surface area contributed by atoms with Crippen molar-refractivity contribution >= 4 is 0 Å². The molecular formula is C16H25FN2O2. The summed E-state index contributed by atoms with van der Waals surface area (Å²) >= 11 is 0. The molecule has 0 spiro atoms. The van der Waals surface area contributed by atoms with Crippen molar-refractivity contribution in [2.24, 2.45) is 5.73 Å². The van der Waals surface area contributed by atoms with Crippen LogP contribution in [0.4, 0.5) is 4.39 Å². The number of halogens is 1. The van der Waals surface area contributed by atoms with E-state index in [4.69, 9.17) is 15.2 Å². The second kappa shape index (κ2) is 7.73. The van der Waals surface area contributed by atoms with E-state index in [2.05, 4.69) is 4.90 Å². The fraction of sp³-hybridized carbons (Fsp3) is 0.625. The highest BCUT2D eigenvalue weighted by atomic mass is 19.1. The van der Waals surface area contributed by atoms with Gasteiger partial charge in [0.1, 0.15) is 12.7 Å². The molecule has 21 heavy (non-hydrogen) atoms. The second-order valence-corrected chi connectivity index (χ2v) is 5.67. The first-order valence-electron chi connectivity index (χ1n) is 7.56. The Kier molecular flexibility index (Phi) is 5.96. The molecule has 0 bridgehead atoms. The summed E-state index contributed by atoms with van der Waals surface area (Å²) in [5.74, 6) is -0.0156. The Balaban J connectivity index is 2.01. The molecule has 2 rings (SSSR count). The van der Waals surface area contributed by atoms with Crippen LogP contribution in [-0.2, 0) is 11.2 Å². The van der Waals surface area contributed by atoms with Crippen molar-refractivity contribution < 1.29 is 13.9 Å². The normalized spacial score (nSPS) is 21.2. The smallest absolute Gasteiger partial charge is 0.165 e. The van der Waals surface area contributed by atoms with E-state index in [1.165, 1.54) is 6.07 Å². The molecule has 0 aliphatic carbocycles. The minimum Gasteiger partial charge on any atom is -0.487 e. The average molecular weight is 296 g/mol. The average Bonchev–Trinajstić information content (AvgIpc) is 2.46. The van der Waals surface area contributed by atoms with Crippen molar-refractivity contribution in [2.45, 2.75) is 31.9 Å². The Bertz CT molecular complexity index is 456. The van der Waals surface area contributed by atoms with Crippen molar-refractivity contribution in [3.05, 3.63) is 29.6 Å². The fourth-order valence-electron chi connectivity index (χ4n) is 2.45. The maximum absolute atomic E-state index is 14.0. The number of hydrogen-bond donors (Lipinski definition) is 1. The molecule has 0 amide bonds. The summed E-state index contributed by atoms with van der Waals surface area (Å²) < 4.78 is 25.4. The molecule has 1 aliphatic rings. The van der Waals surface area contributed by atoms with E-state index in [9.17, 15) is 4.39 Å². The molecule has 118 valence electrons. The summed E-state index contributed by atoms with van der Waals surface area (Å²) in [7, 11) is 2.05. The largest absolute Gasteiger partial charge is 0.487 e. The SMILES string of the molecule is CCC(N)Cc1cccc(F)c1OCC1CN(C)CCO1. The van der Waals surface area contributed by atoms with Gasteiger partial charge in [0.2, 0.25) is 0 Å². The van der Waals surface area contributed by atoms with E-state index in [1.54, 1.807) is 6.07 Å². The number of morpholine rings is 1. The molecule has 0 saturated carbocycles. The van der Waals surface area contributed by atoms with Gasteiger partial charge in [-0.3, -0.25) is 0 Å². The summed E-state index contributed by atoms with van der Waals surface area (Å²) in [6.45, 7) is 4.80. The predicted molar refractivity (Wildman–Crippen MR) is 81.1 cm³/mol. The molecule has 0 aromatic heterocycles. The van der Waals surface area contributed by atoms with Crippen LogP contribution in [0.1, 0.15) is 18.9 Å². The van der Waals surface area contributed by atoms with E-state index in [0.717, 1.165) is 25.1 Å². The Labute approximate surface area is 126 Å². The highest BCUT2D eigenvalue weighted by molar-refractivity contribution is 5.35. The van der Waals surface area contributed by atoms with Crippen molar-refractivity contribution in [1.82, 2.24) is 4.90 Å². The number of rotatable bonds is 6. The fourth-order valence-corrected chi connectivity index (χ4v) is 2.45. The van der Waals surface area contributed by atoms with Gasteiger partial charge >= 0.3 is 0 Å². The zero-order chi connectivity index (χ0) is 15.2. The number of benzene rings is 1. The van der Waals surface area contributed by atoms with Gasteiger partial charge in [-0.2, -0.15) is 0 Å². The number of nitrogens with two attached hydrogens (primary N) is 1. The summed E-state index contributed by atoms with van der Waals surface area (Å²) in [6, 6.07) is 5.02.